The Morgan fingerprint density at radius 2 is 1.62 bits per heavy atom. The van der Waals surface area contributed by atoms with Gasteiger partial charge in [0.15, 0.2) is 0 Å². The van der Waals surface area contributed by atoms with E-state index in [1.54, 1.807) is 37.3 Å². The molecule has 0 saturated heterocycles. The lowest BCUT2D eigenvalue weighted by Gasteiger charge is -2.33. The minimum Gasteiger partial charge on any atom is -0.352 e. The van der Waals surface area contributed by atoms with Gasteiger partial charge < -0.3 is 10.2 Å². The van der Waals surface area contributed by atoms with E-state index >= 15 is 0 Å². The maximum Gasteiger partial charge on any atom is 0.244 e. The SMILES string of the molecule is CCc1ccc(N(CC(=O)N(Cc2ccc(Cl)c(Cl)c2)[C@H](C)C(=O)NC2CCCCC2)S(C)(=O)=O)cc1. The number of amides is 2. The molecule has 2 aromatic carbocycles. The van der Waals surface area contributed by atoms with Gasteiger partial charge in [-0.25, -0.2) is 8.42 Å². The van der Waals surface area contributed by atoms with Crippen LogP contribution >= 0.6 is 23.2 Å². The highest BCUT2D eigenvalue weighted by atomic mass is 35.5. The molecule has 7 nitrogen and oxygen atoms in total. The van der Waals surface area contributed by atoms with Crippen LogP contribution in [0.5, 0.6) is 0 Å². The number of benzene rings is 2. The van der Waals surface area contributed by atoms with E-state index in [0.717, 1.165) is 54.6 Å². The first-order chi connectivity index (χ1) is 17.5. The molecule has 0 bridgehead atoms. The summed E-state index contributed by atoms with van der Waals surface area (Å²) in [6.07, 6.45) is 6.98. The fraction of sp³-hybridized carbons (Fsp3) is 0.481. The molecule has 0 aromatic heterocycles. The molecule has 2 aromatic rings. The third-order valence-corrected chi connectivity index (χ3v) is 8.65. The van der Waals surface area contributed by atoms with Gasteiger partial charge in [0.1, 0.15) is 12.6 Å². The zero-order valence-electron chi connectivity index (χ0n) is 21.5. The lowest BCUT2D eigenvalue weighted by atomic mass is 9.95. The van der Waals surface area contributed by atoms with Crippen molar-refractivity contribution in [3.05, 3.63) is 63.6 Å². The molecule has 0 aliphatic heterocycles. The number of sulfonamides is 1. The van der Waals surface area contributed by atoms with Crippen molar-refractivity contribution in [3.8, 4) is 0 Å². The molecule has 3 rings (SSSR count). The Labute approximate surface area is 230 Å². The van der Waals surface area contributed by atoms with Gasteiger partial charge in [-0.05, 0) is 61.6 Å². The van der Waals surface area contributed by atoms with Gasteiger partial charge in [-0.2, -0.15) is 0 Å². The van der Waals surface area contributed by atoms with Crippen molar-refractivity contribution in [2.75, 3.05) is 17.1 Å². The number of carbonyl (C=O) groups is 2. The van der Waals surface area contributed by atoms with E-state index in [4.69, 9.17) is 23.2 Å². The molecule has 1 fully saturated rings. The molecular weight excluding hydrogens is 533 g/mol. The number of aryl methyl sites for hydroxylation is 1. The summed E-state index contributed by atoms with van der Waals surface area (Å²) in [5, 5.41) is 3.79. The Balaban J connectivity index is 1.88. The fourth-order valence-corrected chi connectivity index (χ4v) is 5.67. The largest absolute Gasteiger partial charge is 0.352 e. The Morgan fingerprint density at radius 1 is 1.00 bits per heavy atom. The molecule has 1 atom stereocenters. The highest BCUT2D eigenvalue weighted by molar-refractivity contribution is 7.92. The Bertz CT molecular complexity index is 1200. The Hall–Kier alpha value is -2.29. The predicted octanol–water partition coefficient (Wildman–Crippen LogP) is 5.19. The van der Waals surface area contributed by atoms with Crippen molar-refractivity contribution in [1.29, 1.82) is 0 Å². The van der Waals surface area contributed by atoms with Crippen LogP contribution in [0.3, 0.4) is 0 Å². The van der Waals surface area contributed by atoms with Crippen LogP contribution in [0.25, 0.3) is 0 Å². The number of hydrogen-bond acceptors (Lipinski definition) is 4. The molecule has 1 aliphatic rings. The second kappa shape index (κ2) is 13.0. The monoisotopic (exact) mass is 567 g/mol. The van der Waals surface area contributed by atoms with E-state index in [1.165, 1.54) is 4.90 Å². The van der Waals surface area contributed by atoms with Crippen molar-refractivity contribution < 1.29 is 18.0 Å². The van der Waals surface area contributed by atoms with Crippen LogP contribution in [0.15, 0.2) is 42.5 Å². The number of carbonyl (C=O) groups excluding carboxylic acids is 2. The lowest BCUT2D eigenvalue weighted by Crippen LogP contribution is -2.52. The van der Waals surface area contributed by atoms with Gasteiger partial charge in [0, 0.05) is 12.6 Å². The molecule has 0 unspecified atom stereocenters. The van der Waals surface area contributed by atoms with E-state index in [-0.39, 0.29) is 18.5 Å². The van der Waals surface area contributed by atoms with Gasteiger partial charge in [-0.3, -0.25) is 13.9 Å². The minimum atomic E-state index is -3.77. The molecular formula is C27H35Cl2N3O4S. The first-order valence-corrected chi connectivity index (χ1v) is 15.2. The predicted molar refractivity (Wildman–Crippen MR) is 149 cm³/mol. The van der Waals surface area contributed by atoms with Crippen LogP contribution < -0.4 is 9.62 Å². The molecule has 0 spiro atoms. The summed E-state index contributed by atoms with van der Waals surface area (Å²) < 4.78 is 26.5. The van der Waals surface area contributed by atoms with Crippen molar-refractivity contribution >= 4 is 50.7 Å². The number of nitrogens with one attached hydrogen (secondary N) is 1. The fourth-order valence-electron chi connectivity index (χ4n) is 4.50. The summed E-state index contributed by atoms with van der Waals surface area (Å²) in [4.78, 5) is 28.3. The highest BCUT2D eigenvalue weighted by Gasteiger charge is 2.31. The smallest absolute Gasteiger partial charge is 0.244 e. The molecule has 0 heterocycles. The third kappa shape index (κ3) is 8.09. The zero-order valence-corrected chi connectivity index (χ0v) is 23.9. The van der Waals surface area contributed by atoms with E-state index in [9.17, 15) is 18.0 Å². The minimum absolute atomic E-state index is 0.0708. The molecule has 202 valence electrons. The van der Waals surface area contributed by atoms with Crippen molar-refractivity contribution in [2.24, 2.45) is 0 Å². The van der Waals surface area contributed by atoms with Crippen LogP contribution in [-0.2, 0) is 32.6 Å². The summed E-state index contributed by atoms with van der Waals surface area (Å²) in [7, 11) is -3.77. The lowest BCUT2D eigenvalue weighted by molar-refractivity contribution is -0.139. The van der Waals surface area contributed by atoms with Crippen LogP contribution in [0.1, 0.15) is 57.1 Å². The average Bonchev–Trinajstić information content (AvgIpc) is 2.87. The number of hydrogen-bond donors (Lipinski definition) is 1. The average molecular weight is 569 g/mol. The number of anilines is 1. The molecule has 1 aliphatic carbocycles. The van der Waals surface area contributed by atoms with E-state index in [0.29, 0.717) is 21.3 Å². The molecule has 0 radical (unpaired) electrons. The van der Waals surface area contributed by atoms with Gasteiger partial charge in [-0.15, -0.1) is 0 Å². The summed E-state index contributed by atoms with van der Waals surface area (Å²) in [5.74, 6) is -0.763. The maximum atomic E-state index is 13.7. The third-order valence-electron chi connectivity index (χ3n) is 6.77. The van der Waals surface area contributed by atoms with Crippen LogP contribution in [0.4, 0.5) is 5.69 Å². The van der Waals surface area contributed by atoms with Gasteiger partial charge in [0.05, 0.1) is 22.0 Å². The zero-order chi connectivity index (χ0) is 27.2. The number of nitrogens with zero attached hydrogens (tertiary/aromatic N) is 2. The second-order valence-corrected chi connectivity index (χ2v) is 12.3. The number of halogens is 2. The summed E-state index contributed by atoms with van der Waals surface area (Å²) in [6.45, 7) is 3.30. The van der Waals surface area contributed by atoms with Crippen molar-refractivity contribution in [1.82, 2.24) is 10.2 Å². The van der Waals surface area contributed by atoms with E-state index in [1.807, 2.05) is 19.1 Å². The Kier molecular flexibility index (Phi) is 10.3. The van der Waals surface area contributed by atoms with E-state index in [2.05, 4.69) is 5.32 Å². The van der Waals surface area contributed by atoms with Crippen molar-refractivity contribution in [2.45, 2.75) is 71.0 Å². The van der Waals surface area contributed by atoms with Gasteiger partial charge >= 0.3 is 0 Å². The Morgan fingerprint density at radius 3 is 2.19 bits per heavy atom. The van der Waals surface area contributed by atoms with Crippen LogP contribution in [-0.4, -0.2) is 50.0 Å². The summed E-state index contributed by atoms with van der Waals surface area (Å²) >= 11 is 12.3. The number of rotatable bonds is 10. The topological polar surface area (TPSA) is 86.8 Å². The first-order valence-electron chi connectivity index (χ1n) is 12.6. The maximum absolute atomic E-state index is 13.7. The quantitative estimate of drug-likeness (QED) is 0.428. The van der Waals surface area contributed by atoms with Crippen LogP contribution in [0, 0.1) is 0 Å². The normalized spacial score (nSPS) is 15.2. The van der Waals surface area contributed by atoms with Crippen LogP contribution in [0.2, 0.25) is 10.0 Å². The summed E-state index contributed by atoms with van der Waals surface area (Å²) in [5.41, 5.74) is 2.12. The van der Waals surface area contributed by atoms with Gasteiger partial charge in [0.25, 0.3) is 0 Å². The molecule has 1 saturated carbocycles. The van der Waals surface area contributed by atoms with Crippen molar-refractivity contribution in [3.63, 3.8) is 0 Å². The summed E-state index contributed by atoms with van der Waals surface area (Å²) in [6, 6.07) is 11.3. The molecule has 10 heteroatoms. The standard InChI is InChI=1S/C27H35Cl2N3O4S/c1-4-20-10-13-23(14-11-20)32(37(3,35)36)18-26(33)31(17-21-12-15-24(28)25(29)16-21)19(2)27(34)30-22-8-6-5-7-9-22/h10-16,19,22H,4-9,17-18H2,1-3H3,(H,30,34)/t19-/m1/s1. The van der Waals surface area contributed by atoms with E-state index < -0.39 is 28.5 Å². The van der Waals surface area contributed by atoms with Gasteiger partial charge in [-0.1, -0.05) is 67.6 Å². The molecule has 2 amide bonds. The first kappa shape index (κ1) is 29.3. The van der Waals surface area contributed by atoms with Gasteiger partial charge in [0.2, 0.25) is 21.8 Å². The molecule has 1 N–H and O–H groups in total. The second-order valence-electron chi connectivity index (χ2n) is 9.58. The molecule has 37 heavy (non-hydrogen) atoms. The highest BCUT2D eigenvalue weighted by Crippen LogP contribution is 2.25.